The summed E-state index contributed by atoms with van der Waals surface area (Å²) in [7, 11) is 1.90. The number of hydrogen-bond donors (Lipinski definition) is 1. The van der Waals surface area contributed by atoms with Crippen molar-refractivity contribution in [2.24, 2.45) is 7.05 Å². The molecule has 0 aromatic carbocycles. The largest absolute Gasteiger partial charge is 0.341 e. The third-order valence-electron chi connectivity index (χ3n) is 3.08. The van der Waals surface area contributed by atoms with E-state index in [0.717, 1.165) is 30.0 Å². The van der Waals surface area contributed by atoms with Crippen LogP contribution in [0.25, 0.3) is 0 Å². The maximum Gasteiger partial charge on any atom is 0.263 e. The maximum atomic E-state index is 12.3. The lowest BCUT2D eigenvalue weighted by molar-refractivity contribution is 0.0935. The lowest BCUT2D eigenvalue weighted by atomic mass is 10.1. The van der Waals surface area contributed by atoms with Crippen molar-refractivity contribution in [2.45, 2.75) is 32.7 Å². The van der Waals surface area contributed by atoms with Crippen LogP contribution in [-0.2, 0) is 7.05 Å². The van der Waals surface area contributed by atoms with Gasteiger partial charge in [-0.05, 0) is 6.42 Å². The number of nitrogens with one attached hydrogen (secondary N) is 1. The molecule has 0 aliphatic carbocycles. The molecule has 0 saturated heterocycles. The normalized spacial score (nSPS) is 12.1. The van der Waals surface area contributed by atoms with Crippen molar-refractivity contribution >= 4 is 23.0 Å². The van der Waals surface area contributed by atoms with Gasteiger partial charge in [0.05, 0.1) is 12.2 Å². The zero-order valence-electron chi connectivity index (χ0n) is 12.3. The Morgan fingerprint density at radius 3 is 2.71 bits per heavy atom. The third kappa shape index (κ3) is 3.55. The first kappa shape index (κ1) is 15.4. The number of amides is 1. The first-order valence-electron chi connectivity index (χ1n) is 6.77. The van der Waals surface area contributed by atoms with E-state index in [0.29, 0.717) is 9.88 Å². The van der Waals surface area contributed by atoms with Crippen LogP contribution in [0.3, 0.4) is 0 Å². The van der Waals surface area contributed by atoms with Crippen molar-refractivity contribution in [3.05, 3.63) is 34.3 Å². The highest BCUT2D eigenvalue weighted by Gasteiger charge is 2.20. The molecule has 6 nitrogen and oxygen atoms in total. The zero-order chi connectivity index (χ0) is 15.4. The van der Waals surface area contributed by atoms with Crippen LogP contribution in [0, 0.1) is 0 Å². The molecule has 1 atom stereocenters. The summed E-state index contributed by atoms with van der Waals surface area (Å²) >= 11 is 1.11. The standard InChI is InChI=1S/C14H18N4O2S/c1-4-5-10(12-15-6-7-18(12)3)17-13(20)11-8-16-14(21-11)9(2)19/h6-8,10H,4-5H2,1-3H3,(H,17,20)/t10-/m1/s1. The van der Waals surface area contributed by atoms with Gasteiger partial charge in [-0.25, -0.2) is 9.97 Å². The fraction of sp³-hybridized carbons (Fsp3) is 0.429. The summed E-state index contributed by atoms with van der Waals surface area (Å²) in [6.07, 6.45) is 6.74. The number of nitrogens with zero attached hydrogens (tertiary/aromatic N) is 3. The van der Waals surface area contributed by atoms with E-state index in [1.54, 1.807) is 6.20 Å². The number of aryl methyl sites for hydroxylation is 1. The highest BCUT2D eigenvalue weighted by molar-refractivity contribution is 7.15. The summed E-state index contributed by atoms with van der Waals surface area (Å²) in [6.45, 7) is 3.50. The molecule has 112 valence electrons. The third-order valence-corrected chi connectivity index (χ3v) is 4.18. The summed E-state index contributed by atoms with van der Waals surface area (Å²) in [4.78, 5) is 32.2. The van der Waals surface area contributed by atoms with Gasteiger partial charge in [0.1, 0.15) is 10.7 Å². The van der Waals surface area contributed by atoms with Crippen molar-refractivity contribution in [1.82, 2.24) is 19.9 Å². The van der Waals surface area contributed by atoms with E-state index < -0.39 is 0 Å². The Kier molecular flexibility index (Phi) is 4.85. The van der Waals surface area contributed by atoms with E-state index >= 15 is 0 Å². The van der Waals surface area contributed by atoms with Gasteiger partial charge in [-0.3, -0.25) is 9.59 Å². The van der Waals surface area contributed by atoms with E-state index in [1.807, 2.05) is 17.8 Å². The molecule has 7 heteroatoms. The number of hydrogen-bond acceptors (Lipinski definition) is 5. The quantitative estimate of drug-likeness (QED) is 0.831. The highest BCUT2D eigenvalue weighted by atomic mass is 32.1. The summed E-state index contributed by atoms with van der Waals surface area (Å²) in [5, 5.41) is 3.32. The molecule has 21 heavy (non-hydrogen) atoms. The Morgan fingerprint density at radius 1 is 1.43 bits per heavy atom. The van der Waals surface area contributed by atoms with E-state index in [2.05, 4.69) is 22.2 Å². The van der Waals surface area contributed by atoms with Gasteiger partial charge in [-0.2, -0.15) is 0 Å². The van der Waals surface area contributed by atoms with Gasteiger partial charge < -0.3 is 9.88 Å². The molecular weight excluding hydrogens is 288 g/mol. The number of rotatable bonds is 6. The fourth-order valence-corrected chi connectivity index (χ4v) is 2.75. The fourth-order valence-electron chi connectivity index (χ4n) is 2.04. The number of ketones is 1. The van der Waals surface area contributed by atoms with Crippen molar-refractivity contribution in [2.75, 3.05) is 0 Å². The molecule has 2 rings (SSSR count). The predicted octanol–water partition coefficient (Wildman–Crippen LogP) is 2.35. The number of Topliss-reactive ketones (excluding diaryl/α,β-unsaturated/α-hetero) is 1. The molecule has 0 fully saturated rings. The Labute approximate surface area is 127 Å². The predicted molar refractivity (Wildman–Crippen MR) is 80.4 cm³/mol. The van der Waals surface area contributed by atoms with Crippen molar-refractivity contribution in [3.8, 4) is 0 Å². The van der Waals surface area contributed by atoms with E-state index in [-0.39, 0.29) is 17.7 Å². The minimum atomic E-state index is -0.221. The van der Waals surface area contributed by atoms with Crippen molar-refractivity contribution < 1.29 is 9.59 Å². The summed E-state index contributed by atoms with van der Waals surface area (Å²) < 4.78 is 1.90. The monoisotopic (exact) mass is 306 g/mol. The molecule has 1 amide bonds. The minimum absolute atomic E-state index is 0.131. The molecule has 2 aromatic rings. The molecule has 0 aliphatic heterocycles. The second-order valence-electron chi connectivity index (χ2n) is 4.80. The van der Waals surface area contributed by atoms with E-state index in [9.17, 15) is 9.59 Å². The smallest absolute Gasteiger partial charge is 0.263 e. The number of carbonyl (C=O) groups is 2. The van der Waals surface area contributed by atoms with Gasteiger partial charge in [-0.15, -0.1) is 11.3 Å². The molecule has 0 radical (unpaired) electrons. The number of aromatic nitrogens is 3. The zero-order valence-corrected chi connectivity index (χ0v) is 13.1. The molecule has 0 saturated carbocycles. The van der Waals surface area contributed by atoms with Crippen LogP contribution in [0.4, 0.5) is 0 Å². The van der Waals surface area contributed by atoms with Gasteiger partial charge in [0.2, 0.25) is 0 Å². The average molecular weight is 306 g/mol. The number of carbonyl (C=O) groups excluding carboxylic acids is 2. The van der Waals surface area contributed by atoms with Gasteiger partial charge in [-0.1, -0.05) is 13.3 Å². The maximum absolute atomic E-state index is 12.3. The van der Waals surface area contributed by atoms with Crippen LogP contribution in [-0.4, -0.2) is 26.2 Å². The Balaban J connectivity index is 2.14. The van der Waals surface area contributed by atoms with Crippen LogP contribution >= 0.6 is 11.3 Å². The minimum Gasteiger partial charge on any atom is -0.341 e. The second kappa shape index (κ2) is 6.62. The van der Waals surface area contributed by atoms with E-state index in [4.69, 9.17) is 0 Å². The summed E-state index contributed by atoms with van der Waals surface area (Å²) in [5.41, 5.74) is 0. The number of imidazole rings is 1. The summed E-state index contributed by atoms with van der Waals surface area (Å²) in [6, 6.07) is -0.148. The molecule has 0 spiro atoms. The summed E-state index contributed by atoms with van der Waals surface area (Å²) in [5.74, 6) is 0.469. The Bertz CT molecular complexity index is 647. The Hall–Kier alpha value is -2.02. The highest BCUT2D eigenvalue weighted by Crippen LogP contribution is 2.19. The van der Waals surface area contributed by atoms with E-state index in [1.165, 1.54) is 13.1 Å². The Morgan fingerprint density at radius 2 is 2.19 bits per heavy atom. The van der Waals surface area contributed by atoms with Crippen molar-refractivity contribution in [1.29, 1.82) is 0 Å². The van der Waals surface area contributed by atoms with Crippen LogP contribution in [0.1, 0.15) is 58.0 Å². The lowest BCUT2D eigenvalue weighted by Gasteiger charge is -2.17. The molecule has 0 aliphatic rings. The number of thiazole rings is 1. The van der Waals surface area contributed by atoms with Crippen LogP contribution in [0.5, 0.6) is 0 Å². The topological polar surface area (TPSA) is 76.9 Å². The van der Waals surface area contributed by atoms with Gasteiger partial charge in [0.15, 0.2) is 10.8 Å². The van der Waals surface area contributed by atoms with Gasteiger partial charge >= 0.3 is 0 Å². The van der Waals surface area contributed by atoms with Crippen LogP contribution in [0.2, 0.25) is 0 Å². The van der Waals surface area contributed by atoms with Crippen LogP contribution in [0.15, 0.2) is 18.6 Å². The molecule has 2 aromatic heterocycles. The molecule has 0 bridgehead atoms. The first-order chi connectivity index (χ1) is 10.0. The first-order valence-corrected chi connectivity index (χ1v) is 7.59. The van der Waals surface area contributed by atoms with Gasteiger partial charge in [0.25, 0.3) is 5.91 Å². The molecule has 0 unspecified atom stereocenters. The molecule has 1 N–H and O–H groups in total. The lowest BCUT2D eigenvalue weighted by Crippen LogP contribution is -2.29. The molecule has 2 heterocycles. The van der Waals surface area contributed by atoms with Crippen molar-refractivity contribution in [3.63, 3.8) is 0 Å². The van der Waals surface area contributed by atoms with Gasteiger partial charge in [0, 0.05) is 26.4 Å². The second-order valence-corrected chi connectivity index (χ2v) is 5.83. The molecular formula is C14H18N4O2S. The van der Waals surface area contributed by atoms with Crippen LogP contribution < -0.4 is 5.32 Å². The average Bonchev–Trinajstić information content (AvgIpc) is 3.06. The SMILES string of the molecule is CCC[C@@H](NC(=O)c1cnc(C(C)=O)s1)c1nccn1C.